The fourth-order valence-electron chi connectivity index (χ4n) is 2.40. The van der Waals surface area contributed by atoms with Gasteiger partial charge >= 0.3 is 12.0 Å². The van der Waals surface area contributed by atoms with Crippen molar-refractivity contribution in [2.75, 3.05) is 26.2 Å². The van der Waals surface area contributed by atoms with Crippen LogP contribution in [0, 0.1) is 0 Å². The van der Waals surface area contributed by atoms with Crippen LogP contribution in [0.15, 0.2) is 0 Å². The van der Waals surface area contributed by atoms with Gasteiger partial charge in [0.05, 0.1) is 31.8 Å². The zero-order valence-electron chi connectivity index (χ0n) is 13.2. The van der Waals surface area contributed by atoms with Crippen molar-refractivity contribution >= 4 is 12.0 Å². The van der Waals surface area contributed by atoms with Gasteiger partial charge < -0.3 is 24.7 Å². The molecule has 21 heavy (non-hydrogen) atoms. The van der Waals surface area contributed by atoms with E-state index in [9.17, 15) is 14.7 Å². The summed E-state index contributed by atoms with van der Waals surface area (Å²) >= 11 is 0. The summed E-state index contributed by atoms with van der Waals surface area (Å²) in [6.45, 7) is 8.25. The zero-order valence-corrected chi connectivity index (χ0v) is 13.2. The van der Waals surface area contributed by atoms with Gasteiger partial charge in [0.1, 0.15) is 0 Å². The molecule has 0 aromatic heterocycles. The van der Waals surface area contributed by atoms with E-state index in [0.29, 0.717) is 13.1 Å². The van der Waals surface area contributed by atoms with E-state index in [1.54, 1.807) is 9.80 Å². The van der Waals surface area contributed by atoms with Crippen molar-refractivity contribution in [3.8, 4) is 0 Å². The number of amides is 2. The van der Waals surface area contributed by atoms with Gasteiger partial charge in [-0.3, -0.25) is 4.79 Å². The van der Waals surface area contributed by atoms with Gasteiger partial charge in [-0.1, -0.05) is 0 Å². The highest BCUT2D eigenvalue weighted by atomic mass is 16.5. The van der Waals surface area contributed by atoms with E-state index in [1.807, 2.05) is 27.7 Å². The van der Waals surface area contributed by atoms with Crippen LogP contribution in [0.2, 0.25) is 0 Å². The SMILES string of the molecule is CC1CN(C(=O)N(CCC(=O)O)C(C)(C)C)CC(CO)O1. The van der Waals surface area contributed by atoms with Crippen molar-refractivity contribution in [3.05, 3.63) is 0 Å². The lowest BCUT2D eigenvalue weighted by atomic mass is 10.1. The van der Waals surface area contributed by atoms with Gasteiger partial charge in [0, 0.05) is 18.6 Å². The number of urea groups is 1. The van der Waals surface area contributed by atoms with Crippen LogP contribution in [0.1, 0.15) is 34.1 Å². The molecule has 1 aliphatic rings. The van der Waals surface area contributed by atoms with E-state index in [2.05, 4.69) is 0 Å². The van der Waals surface area contributed by atoms with Gasteiger partial charge in [0.25, 0.3) is 0 Å². The Morgan fingerprint density at radius 2 is 1.95 bits per heavy atom. The first kappa shape index (κ1) is 17.7. The van der Waals surface area contributed by atoms with Gasteiger partial charge in [-0.2, -0.15) is 0 Å². The third-order valence-corrected chi connectivity index (χ3v) is 3.39. The topological polar surface area (TPSA) is 90.3 Å². The molecule has 2 N–H and O–H groups in total. The van der Waals surface area contributed by atoms with Gasteiger partial charge in [-0.15, -0.1) is 0 Å². The first-order valence-electron chi connectivity index (χ1n) is 7.19. The molecule has 0 bridgehead atoms. The molecule has 122 valence electrons. The van der Waals surface area contributed by atoms with Crippen LogP contribution in [0.3, 0.4) is 0 Å². The second kappa shape index (κ2) is 7.09. The average Bonchev–Trinajstić information content (AvgIpc) is 2.35. The summed E-state index contributed by atoms with van der Waals surface area (Å²) in [5.74, 6) is -0.930. The maximum atomic E-state index is 12.7. The molecule has 1 saturated heterocycles. The lowest BCUT2D eigenvalue weighted by molar-refractivity contribution is -0.137. The second-order valence-electron chi connectivity index (χ2n) is 6.41. The standard InChI is InChI=1S/C14H26N2O5/c1-10-7-15(8-11(9-17)21-10)13(20)16(14(2,3)4)6-5-12(18)19/h10-11,17H,5-9H2,1-4H3,(H,18,19). The van der Waals surface area contributed by atoms with Crippen molar-refractivity contribution in [2.24, 2.45) is 0 Å². The quantitative estimate of drug-likeness (QED) is 0.800. The number of morpholine rings is 1. The highest BCUT2D eigenvalue weighted by molar-refractivity contribution is 5.76. The fourth-order valence-corrected chi connectivity index (χ4v) is 2.40. The fraction of sp³-hybridized carbons (Fsp3) is 0.857. The Hall–Kier alpha value is -1.34. The summed E-state index contributed by atoms with van der Waals surface area (Å²) in [6.07, 6.45) is -0.632. The smallest absolute Gasteiger partial charge is 0.320 e. The number of aliphatic hydroxyl groups is 1. The van der Waals surface area contributed by atoms with Crippen molar-refractivity contribution in [1.29, 1.82) is 0 Å². The highest BCUT2D eigenvalue weighted by Crippen LogP contribution is 2.19. The second-order valence-corrected chi connectivity index (χ2v) is 6.41. The normalized spacial score (nSPS) is 23.0. The summed E-state index contributed by atoms with van der Waals surface area (Å²) in [5, 5.41) is 18.1. The van der Waals surface area contributed by atoms with E-state index in [4.69, 9.17) is 9.84 Å². The number of carboxylic acids is 1. The minimum absolute atomic E-state index is 0.0909. The molecular formula is C14H26N2O5. The molecule has 0 aliphatic carbocycles. The van der Waals surface area contributed by atoms with Gasteiger partial charge in [-0.25, -0.2) is 4.79 Å². The number of hydrogen-bond donors (Lipinski definition) is 2. The number of hydrogen-bond acceptors (Lipinski definition) is 4. The van der Waals surface area contributed by atoms with Crippen molar-refractivity contribution in [1.82, 2.24) is 9.80 Å². The summed E-state index contributed by atoms with van der Waals surface area (Å²) in [5.41, 5.74) is -0.469. The van der Waals surface area contributed by atoms with Crippen LogP contribution in [-0.4, -0.2) is 76.0 Å². The van der Waals surface area contributed by atoms with Gasteiger partial charge in [-0.05, 0) is 27.7 Å². The Kier molecular flexibility index (Phi) is 5.98. The molecule has 0 radical (unpaired) electrons. The summed E-state index contributed by atoms with van der Waals surface area (Å²) in [4.78, 5) is 26.7. The molecule has 0 aromatic rings. The average molecular weight is 302 g/mol. The predicted octanol–water partition coefficient (Wildman–Crippen LogP) is 0.763. The number of carbonyl (C=O) groups excluding carboxylic acids is 1. The van der Waals surface area contributed by atoms with Gasteiger partial charge in [0.15, 0.2) is 0 Å². The van der Waals surface area contributed by atoms with E-state index in [0.717, 1.165) is 0 Å². The van der Waals surface area contributed by atoms with Crippen LogP contribution in [-0.2, 0) is 9.53 Å². The van der Waals surface area contributed by atoms with Crippen LogP contribution < -0.4 is 0 Å². The first-order chi connectivity index (χ1) is 9.65. The summed E-state index contributed by atoms with van der Waals surface area (Å²) in [7, 11) is 0. The largest absolute Gasteiger partial charge is 0.481 e. The third kappa shape index (κ3) is 5.17. The van der Waals surface area contributed by atoms with Crippen LogP contribution in [0.5, 0.6) is 0 Å². The third-order valence-electron chi connectivity index (χ3n) is 3.39. The molecule has 2 unspecified atom stereocenters. The maximum absolute atomic E-state index is 12.7. The lowest BCUT2D eigenvalue weighted by Gasteiger charge is -2.43. The molecule has 1 rings (SSSR count). The minimum atomic E-state index is -0.930. The Morgan fingerprint density at radius 1 is 1.33 bits per heavy atom. The molecule has 2 atom stereocenters. The van der Waals surface area contributed by atoms with Gasteiger partial charge in [0.2, 0.25) is 0 Å². The number of carboxylic acid groups (broad SMARTS) is 1. The van der Waals surface area contributed by atoms with Crippen LogP contribution in [0.4, 0.5) is 4.79 Å². The zero-order chi connectivity index (χ0) is 16.2. The van der Waals surface area contributed by atoms with E-state index >= 15 is 0 Å². The first-order valence-corrected chi connectivity index (χ1v) is 7.19. The number of nitrogens with zero attached hydrogens (tertiary/aromatic N) is 2. The lowest BCUT2D eigenvalue weighted by Crippen LogP contribution is -2.58. The number of aliphatic hydroxyl groups excluding tert-OH is 1. The number of aliphatic carboxylic acids is 1. The molecule has 0 aromatic carbocycles. The molecule has 7 nitrogen and oxygen atoms in total. The molecule has 1 fully saturated rings. The Morgan fingerprint density at radius 3 is 2.43 bits per heavy atom. The minimum Gasteiger partial charge on any atom is -0.481 e. The number of rotatable bonds is 4. The molecule has 0 spiro atoms. The monoisotopic (exact) mass is 302 g/mol. The Bertz CT molecular complexity index is 380. The molecule has 7 heteroatoms. The molecule has 1 aliphatic heterocycles. The Balaban J connectivity index is 2.81. The van der Waals surface area contributed by atoms with Crippen LogP contribution in [0.25, 0.3) is 0 Å². The molecule has 1 heterocycles. The highest BCUT2D eigenvalue weighted by Gasteiger charge is 2.34. The maximum Gasteiger partial charge on any atom is 0.320 e. The van der Waals surface area contributed by atoms with Crippen molar-refractivity contribution < 1.29 is 24.5 Å². The number of ether oxygens (including phenoxy) is 1. The molecule has 2 amide bonds. The van der Waals surface area contributed by atoms with E-state index < -0.39 is 11.5 Å². The van der Waals surface area contributed by atoms with Crippen LogP contribution >= 0.6 is 0 Å². The molecular weight excluding hydrogens is 276 g/mol. The van der Waals surface area contributed by atoms with Crippen molar-refractivity contribution in [2.45, 2.75) is 51.9 Å². The van der Waals surface area contributed by atoms with E-state index in [-0.39, 0.29) is 37.8 Å². The summed E-state index contributed by atoms with van der Waals surface area (Å²) < 4.78 is 5.52. The summed E-state index contributed by atoms with van der Waals surface area (Å²) in [6, 6.07) is -0.211. The Labute approximate surface area is 125 Å². The molecule has 0 saturated carbocycles. The number of carbonyl (C=O) groups is 2. The van der Waals surface area contributed by atoms with Crippen molar-refractivity contribution in [3.63, 3.8) is 0 Å². The van der Waals surface area contributed by atoms with E-state index in [1.165, 1.54) is 0 Å². The predicted molar refractivity (Wildman–Crippen MR) is 77.1 cm³/mol.